The first-order valence-corrected chi connectivity index (χ1v) is 5.93. The standard InChI is InChI=1S/C13H16N3O2/c1-9-2-4-10(5-3-9)12(17)11-8-15-6-7-16(11)13(14)18/h2-5,11,14-15H,6-8H2,1H3. The highest BCUT2D eigenvalue weighted by molar-refractivity contribution is 6.02. The van der Waals surface area contributed by atoms with E-state index in [-0.39, 0.29) is 5.78 Å². The van der Waals surface area contributed by atoms with Crippen LogP contribution in [0.3, 0.4) is 0 Å². The average molecular weight is 246 g/mol. The first-order valence-electron chi connectivity index (χ1n) is 5.93. The summed E-state index contributed by atoms with van der Waals surface area (Å²) in [6.45, 7) is 3.40. The number of ketones is 1. The minimum absolute atomic E-state index is 0.109. The third-order valence-electron chi connectivity index (χ3n) is 3.14. The number of Topliss-reactive ketones (excluding diaryl/α,β-unsaturated/α-hetero) is 1. The molecule has 5 heteroatoms. The van der Waals surface area contributed by atoms with Gasteiger partial charge in [-0.2, -0.15) is 0 Å². The maximum absolute atomic E-state index is 12.3. The van der Waals surface area contributed by atoms with Crippen LogP contribution in [0.5, 0.6) is 0 Å². The fraction of sp³-hybridized carbons (Fsp3) is 0.385. The molecule has 2 amide bonds. The largest absolute Gasteiger partial charge is 0.336 e. The predicted molar refractivity (Wildman–Crippen MR) is 67.4 cm³/mol. The highest BCUT2D eigenvalue weighted by Gasteiger charge is 2.31. The summed E-state index contributed by atoms with van der Waals surface area (Å²) in [7, 11) is 0. The lowest BCUT2D eigenvalue weighted by Gasteiger charge is -2.33. The van der Waals surface area contributed by atoms with Gasteiger partial charge in [0.25, 0.3) is 0 Å². The van der Waals surface area contributed by atoms with Crippen LogP contribution in [0.1, 0.15) is 15.9 Å². The summed E-state index contributed by atoms with van der Waals surface area (Å²) in [5.74, 6) is -0.109. The second-order valence-corrected chi connectivity index (χ2v) is 4.45. The van der Waals surface area contributed by atoms with Crippen LogP contribution < -0.4 is 11.1 Å². The molecule has 1 fully saturated rings. The van der Waals surface area contributed by atoms with Gasteiger partial charge in [-0.05, 0) is 6.92 Å². The van der Waals surface area contributed by atoms with Crippen molar-refractivity contribution in [2.24, 2.45) is 0 Å². The number of hydrogen-bond acceptors (Lipinski definition) is 3. The average Bonchev–Trinajstić information content (AvgIpc) is 2.39. The quantitative estimate of drug-likeness (QED) is 0.786. The molecule has 1 atom stereocenters. The molecule has 0 saturated carbocycles. The molecule has 2 N–H and O–H groups in total. The van der Waals surface area contributed by atoms with Crippen LogP contribution >= 0.6 is 0 Å². The van der Waals surface area contributed by atoms with Gasteiger partial charge in [-0.3, -0.25) is 4.79 Å². The van der Waals surface area contributed by atoms with Gasteiger partial charge < -0.3 is 10.2 Å². The molecule has 0 bridgehead atoms. The molecule has 1 aliphatic rings. The molecule has 1 unspecified atom stereocenters. The van der Waals surface area contributed by atoms with E-state index in [1.54, 1.807) is 12.1 Å². The third-order valence-corrected chi connectivity index (χ3v) is 3.14. The number of carbonyl (C=O) groups excluding carboxylic acids is 2. The topological polar surface area (TPSA) is 73.2 Å². The second kappa shape index (κ2) is 5.18. The number of carbonyl (C=O) groups is 2. The number of nitrogens with one attached hydrogen (secondary N) is 2. The van der Waals surface area contributed by atoms with Crippen molar-refractivity contribution in [1.29, 1.82) is 0 Å². The van der Waals surface area contributed by atoms with Gasteiger partial charge in [0.1, 0.15) is 6.04 Å². The highest BCUT2D eigenvalue weighted by Crippen LogP contribution is 2.12. The molecular weight excluding hydrogens is 230 g/mol. The van der Waals surface area contributed by atoms with E-state index in [2.05, 4.69) is 5.32 Å². The SMILES string of the molecule is Cc1ccc(C(=O)C2CNCCN2C([NH])=O)cc1. The zero-order chi connectivity index (χ0) is 13.1. The van der Waals surface area contributed by atoms with E-state index in [0.717, 1.165) is 5.56 Å². The number of hydrogen-bond donors (Lipinski definition) is 1. The normalized spacial score (nSPS) is 19.6. The molecule has 1 aliphatic heterocycles. The lowest BCUT2D eigenvalue weighted by Crippen LogP contribution is -2.56. The summed E-state index contributed by atoms with van der Waals surface area (Å²) >= 11 is 0. The van der Waals surface area contributed by atoms with Crippen LogP contribution in [0.2, 0.25) is 0 Å². The van der Waals surface area contributed by atoms with E-state index in [9.17, 15) is 9.59 Å². The smallest absolute Gasteiger partial charge is 0.312 e. The van der Waals surface area contributed by atoms with E-state index in [1.165, 1.54) is 4.90 Å². The van der Waals surface area contributed by atoms with Gasteiger partial charge in [0.05, 0.1) is 0 Å². The molecule has 0 spiro atoms. The summed E-state index contributed by atoms with van der Waals surface area (Å²) in [5, 5.41) is 3.08. The Hall–Kier alpha value is -1.88. The first kappa shape index (κ1) is 12.6. The van der Waals surface area contributed by atoms with Crippen LogP contribution in [-0.4, -0.2) is 42.4 Å². The van der Waals surface area contributed by atoms with Crippen molar-refractivity contribution in [2.75, 3.05) is 19.6 Å². The molecule has 5 nitrogen and oxygen atoms in total. The number of piperazine rings is 1. The number of aryl methyl sites for hydroxylation is 1. The van der Waals surface area contributed by atoms with E-state index in [1.807, 2.05) is 19.1 Å². The summed E-state index contributed by atoms with van der Waals surface area (Å²) in [5.41, 5.74) is 8.87. The Bertz CT molecular complexity index is 456. The summed E-state index contributed by atoms with van der Waals surface area (Å²) in [6.07, 6.45) is 0. The minimum atomic E-state index is -0.790. The van der Waals surface area contributed by atoms with Gasteiger partial charge in [0, 0.05) is 25.2 Å². The molecule has 18 heavy (non-hydrogen) atoms. The van der Waals surface area contributed by atoms with E-state index >= 15 is 0 Å². The van der Waals surface area contributed by atoms with Crippen LogP contribution in [0.15, 0.2) is 24.3 Å². The third kappa shape index (κ3) is 2.51. The van der Waals surface area contributed by atoms with E-state index < -0.39 is 12.1 Å². The Morgan fingerprint density at radius 2 is 2.00 bits per heavy atom. The lowest BCUT2D eigenvalue weighted by molar-refractivity contribution is 0.0824. The summed E-state index contributed by atoms with van der Waals surface area (Å²) < 4.78 is 0. The van der Waals surface area contributed by atoms with Gasteiger partial charge in [-0.1, -0.05) is 29.8 Å². The Balaban J connectivity index is 2.20. The molecule has 1 aromatic rings. The van der Waals surface area contributed by atoms with Gasteiger partial charge in [-0.15, -0.1) is 0 Å². The zero-order valence-electron chi connectivity index (χ0n) is 10.3. The molecular formula is C13H16N3O2. The van der Waals surface area contributed by atoms with Gasteiger partial charge in [0.2, 0.25) is 0 Å². The van der Waals surface area contributed by atoms with Crippen molar-refractivity contribution in [2.45, 2.75) is 13.0 Å². The van der Waals surface area contributed by atoms with Crippen molar-refractivity contribution in [3.8, 4) is 0 Å². The monoisotopic (exact) mass is 246 g/mol. The first-order chi connectivity index (χ1) is 8.59. The molecule has 0 aliphatic carbocycles. The molecule has 2 rings (SSSR count). The van der Waals surface area contributed by atoms with Crippen LogP contribution in [0, 0.1) is 6.92 Å². The molecule has 1 saturated heterocycles. The highest BCUT2D eigenvalue weighted by atomic mass is 16.2. The van der Waals surface area contributed by atoms with Crippen molar-refractivity contribution >= 4 is 11.8 Å². The number of benzene rings is 1. The van der Waals surface area contributed by atoms with Crippen LogP contribution in [-0.2, 0) is 0 Å². The van der Waals surface area contributed by atoms with Gasteiger partial charge >= 0.3 is 6.03 Å². The molecule has 0 aromatic heterocycles. The predicted octanol–water partition coefficient (Wildman–Crippen LogP) is 0.854. The molecule has 1 aromatic carbocycles. The Morgan fingerprint density at radius 3 is 2.61 bits per heavy atom. The zero-order valence-corrected chi connectivity index (χ0v) is 10.3. The number of nitrogens with zero attached hydrogens (tertiary/aromatic N) is 1. The Labute approximate surface area is 106 Å². The van der Waals surface area contributed by atoms with Gasteiger partial charge in [0.15, 0.2) is 5.78 Å². The summed E-state index contributed by atoms with van der Waals surface area (Å²) in [6, 6.07) is 5.91. The minimum Gasteiger partial charge on any atom is -0.312 e. The van der Waals surface area contributed by atoms with Crippen molar-refractivity contribution in [1.82, 2.24) is 16.0 Å². The van der Waals surface area contributed by atoms with Crippen molar-refractivity contribution in [3.63, 3.8) is 0 Å². The fourth-order valence-corrected chi connectivity index (χ4v) is 2.09. The lowest BCUT2D eigenvalue weighted by atomic mass is 10.0. The number of amides is 2. The Kier molecular flexibility index (Phi) is 3.62. The van der Waals surface area contributed by atoms with Crippen molar-refractivity contribution < 1.29 is 9.59 Å². The van der Waals surface area contributed by atoms with E-state index in [4.69, 9.17) is 5.73 Å². The van der Waals surface area contributed by atoms with E-state index in [0.29, 0.717) is 25.2 Å². The number of urea groups is 1. The maximum Gasteiger partial charge on any atom is 0.336 e. The number of rotatable bonds is 2. The molecule has 95 valence electrons. The fourth-order valence-electron chi connectivity index (χ4n) is 2.09. The molecule has 1 radical (unpaired) electrons. The van der Waals surface area contributed by atoms with Crippen LogP contribution in [0.4, 0.5) is 4.79 Å². The summed E-state index contributed by atoms with van der Waals surface area (Å²) in [4.78, 5) is 24.8. The second-order valence-electron chi connectivity index (χ2n) is 4.45. The molecule has 1 heterocycles. The van der Waals surface area contributed by atoms with Gasteiger partial charge in [-0.25, -0.2) is 10.5 Å². The van der Waals surface area contributed by atoms with Crippen molar-refractivity contribution in [3.05, 3.63) is 35.4 Å². The van der Waals surface area contributed by atoms with Crippen LogP contribution in [0.25, 0.3) is 0 Å². The Morgan fingerprint density at radius 1 is 1.33 bits per heavy atom. The maximum atomic E-state index is 12.3.